The molecule has 1 aromatic heterocycles. The lowest BCUT2D eigenvalue weighted by Gasteiger charge is -2.29. The van der Waals surface area contributed by atoms with Crippen LogP contribution in [-0.4, -0.2) is 66.6 Å². The third-order valence-electron chi connectivity index (χ3n) is 7.29. The number of hydrogen-bond donors (Lipinski definition) is 4. The van der Waals surface area contributed by atoms with E-state index in [1.807, 2.05) is 0 Å². The van der Waals surface area contributed by atoms with Crippen molar-refractivity contribution < 1.29 is 39.2 Å². The molecular weight excluding hydrogens is 534 g/mol. The number of tetrazole rings is 1. The van der Waals surface area contributed by atoms with E-state index in [4.69, 9.17) is 14.6 Å². The smallest absolute Gasteiger partial charge is 0.204 e. The zero-order chi connectivity index (χ0) is 29.8. The Morgan fingerprint density at radius 3 is 2.59 bits per heavy atom. The number of Topliss-reactive ketones (excluding diaryl/α,β-unsaturated/α-hetero) is 2. The van der Waals surface area contributed by atoms with E-state index in [0.29, 0.717) is 17.0 Å². The molecule has 212 valence electrons. The van der Waals surface area contributed by atoms with Crippen molar-refractivity contribution in [3.63, 3.8) is 0 Å². The fraction of sp³-hybridized carbons (Fsp3) is 0.286. The third kappa shape index (κ3) is 4.12. The molecule has 0 unspecified atom stereocenters. The molecule has 0 bridgehead atoms. The van der Waals surface area contributed by atoms with E-state index < -0.39 is 34.3 Å². The van der Waals surface area contributed by atoms with Crippen LogP contribution in [-0.2, 0) is 21.5 Å². The maximum atomic E-state index is 14.1. The minimum Gasteiger partial charge on any atom is -0.507 e. The molecule has 3 aromatic rings. The Kier molecular flexibility index (Phi) is 6.62. The Bertz CT molecular complexity index is 1720. The molecule has 1 aliphatic carbocycles. The zero-order valence-electron chi connectivity index (χ0n) is 22.9. The number of methoxy groups -OCH3 is 1. The van der Waals surface area contributed by atoms with Crippen molar-refractivity contribution in [3.05, 3.63) is 58.0 Å². The molecule has 2 heterocycles. The monoisotopic (exact) mass is 561 g/mol. The second-order valence-electron chi connectivity index (χ2n) is 9.86. The van der Waals surface area contributed by atoms with E-state index in [9.17, 15) is 24.6 Å². The van der Waals surface area contributed by atoms with Crippen LogP contribution in [0.3, 0.4) is 0 Å². The number of allylic oxidation sites excluding steroid dienone is 4. The molecule has 0 saturated carbocycles. The van der Waals surface area contributed by atoms with Gasteiger partial charge in [-0.2, -0.15) is 4.80 Å². The van der Waals surface area contributed by atoms with Crippen LogP contribution in [0.5, 0.6) is 23.0 Å². The van der Waals surface area contributed by atoms with Gasteiger partial charge in [0.1, 0.15) is 39.7 Å². The molecule has 0 radical (unpaired) electrons. The van der Waals surface area contributed by atoms with Crippen LogP contribution >= 0.6 is 0 Å². The summed E-state index contributed by atoms with van der Waals surface area (Å²) < 4.78 is 11.3. The number of aromatic hydroxyl groups is 2. The molecular formula is C28H27N5O8. The largest absolute Gasteiger partial charge is 0.507 e. The van der Waals surface area contributed by atoms with Gasteiger partial charge in [-0.25, -0.2) is 0 Å². The number of nitrogens with zero attached hydrogens (tertiary/aromatic N) is 4. The number of rotatable bonds is 7. The van der Waals surface area contributed by atoms with E-state index in [1.165, 1.54) is 32.7 Å². The molecule has 13 heteroatoms. The Balaban J connectivity index is 1.60. The molecule has 0 amide bonds. The van der Waals surface area contributed by atoms with Crippen LogP contribution in [0, 0.1) is 6.92 Å². The number of phenolic OH excluding ortho intramolecular Hbond substituents is 2. The fourth-order valence-electron chi connectivity index (χ4n) is 5.11. The Hall–Kier alpha value is -5.04. The van der Waals surface area contributed by atoms with Crippen molar-refractivity contribution in [3.8, 4) is 34.4 Å². The van der Waals surface area contributed by atoms with Gasteiger partial charge in [-0.15, -0.1) is 10.2 Å². The van der Waals surface area contributed by atoms with Crippen molar-refractivity contribution in [2.75, 3.05) is 19.0 Å². The van der Waals surface area contributed by atoms with Gasteiger partial charge in [0.2, 0.25) is 5.82 Å². The van der Waals surface area contributed by atoms with Crippen molar-refractivity contribution in [1.82, 2.24) is 20.2 Å². The molecule has 5 rings (SSSR count). The number of nitrogens with one attached hydrogen (secondary N) is 1. The van der Waals surface area contributed by atoms with Crippen LogP contribution in [0.25, 0.3) is 11.4 Å². The van der Waals surface area contributed by atoms with E-state index in [2.05, 4.69) is 20.7 Å². The third-order valence-corrected chi connectivity index (χ3v) is 7.29. The lowest BCUT2D eigenvalue weighted by Crippen LogP contribution is -2.40. The van der Waals surface area contributed by atoms with Gasteiger partial charge in [0.15, 0.2) is 17.3 Å². The summed E-state index contributed by atoms with van der Waals surface area (Å²) in [6.45, 7) is 5.71. The summed E-state index contributed by atoms with van der Waals surface area (Å²) in [7, 11) is 1.46. The minimum absolute atomic E-state index is 0.00340. The normalized spacial score (nSPS) is 18.8. The molecule has 0 fully saturated rings. The van der Waals surface area contributed by atoms with Gasteiger partial charge in [0.25, 0.3) is 0 Å². The molecule has 0 saturated heterocycles. The summed E-state index contributed by atoms with van der Waals surface area (Å²) in [5, 5.41) is 45.9. The van der Waals surface area contributed by atoms with Gasteiger partial charge in [0, 0.05) is 22.9 Å². The number of ketones is 3. The SMILES string of the molecule is COc1ccc(-c2nnn(CCO)n2)cc1NC(C)=C1C(=O)C=C2Oc3c(C(C)=O)c(O)c(C)c(O)c3[C@@]2(C)C1=O. The lowest BCUT2D eigenvalue weighted by molar-refractivity contribution is -0.123. The van der Waals surface area contributed by atoms with Crippen molar-refractivity contribution >= 4 is 23.0 Å². The number of ether oxygens (including phenoxy) is 2. The minimum atomic E-state index is -1.64. The first-order valence-corrected chi connectivity index (χ1v) is 12.6. The summed E-state index contributed by atoms with van der Waals surface area (Å²) in [6.07, 6.45) is 1.15. The van der Waals surface area contributed by atoms with Crippen LogP contribution < -0.4 is 14.8 Å². The van der Waals surface area contributed by atoms with E-state index in [-0.39, 0.29) is 58.4 Å². The standard InChI is InChI=1S/C28H27N5O8/c1-12-23(37)21(14(3)35)25-22(24(12)38)28(4)19(41-25)11-17(36)20(26(28)39)13(2)29-16-10-15(6-7-18(16)40-5)27-30-32-33(31-27)8-9-34/h6-7,10-11,29,34,37-38H,8-9H2,1-5H3/t28-/m0/s1. The second-order valence-corrected chi connectivity index (χ2v) is 9.86. The van der Waals surface area contributed by atoms with Crippen LogP contribution in [0.1, 0.15) is 42.3 Å². The van der Waals surface area contributed by atoms with Gasteiger partial charge in [-0.1, -0.05) is 0 Å². The molecule has 41 heavy (non-hydrogen) atoms. The maximum absolute atomic E-state index is 14.1. The summed E-state index contributed by atoms with van der Waals surface area (Å²) in [4.78, 5) is 41.0. The van der Waals surface area contributed by atoms with Crippen molar-refractivity contribution in [1.29, 1.82) is 0 Å². The summed E-state index contributed by atoms with van der Waals surface area (Å²) in [6, 6.07) is 5.03. The fourth-order valence-corrected chi connectivity index (χ4v) is 5.11. The first-order chi connectivity index (χ1) is 19.4. The Morgan fingerprint density at radius 2 is 1.93 bits per heavy atom. The first kappa shape index (κ1) is 27.5. The van der Waals surface area contributed by atoms with Crippen LogP contribution in [0.4, 0.5) is 5.69 Å². The van der Waals surface area contributed by atoms with Crippen LogP contribution in [0.15, 0.2) is 41.3 Å². The number of anilines is 1. The number of carbonyl (C=O) groups excluding carboxylic acids is 3. The number of aromatic nitrogens is 4. The van der Waals surface area contributed by atoms with Gasteiger partial charge in [-0.05, 0) is 51.1 Å². The average Bonchev–Trinajstić information content (AvgIpc) is 3.50. The lowest BCUT2D eigenvalue weighted by atomic mass is 9.70. The van der Waals surface area contributed by atoms with Crippen molar-refractivity contribution in [2.24, 2.45) is 0 Å². The highest BCUT2D eigenvalue weighted by Crippen LogP contribution is 2.57. The number of hydrogen-bond acceptors (Lipinski definition) is 12. The van der Waals surface area contributed by atoms with Gasteiger partial charge in [0.05, 0.1) is 37.1 Å². The second kappa shape index (κ2) is 9.86. The molecule has 2 aliphatic rings. The van der Waals surface area contributed by atoms with E-state index in [1.54, 1.807) is 25.1 Å². The van der Waals surface area contributed by atoms with Crippen LogP contribution in [0.2, 0.25) is 0 Å². The Labute approximate surface area is 233 Å². The quantitative estimate of drug-likeness (QED) is 0.188. The molecule has 0 spiro atoms. The number of benzene rings is 2. The Morgan fingerprint density at radius 1 is 1.20 bits per heavy atom. The topological polar surface area (TPSA) is 186 Å². The molecule has 1 aliphatic heterocycles. The number of aliphatic hydroxyl groups is 1. The van der Waals surface area contributed by atoms with E-state index >= 15 is 0 Å². The molecule has 13 nitrogen and oxygen atoms in total. The predicted octanol–water partition coefficient (Wildman–Crippen LogP) is 2.34. The zero-order valence-corrected chi connectivity index (χ0v) is 22.9. The summed E-state index contributed by atoms with van der Waals surface area (Å²) >= 11 is 0. The predicted molar refractivity (Wildman–Crippen MR) is 144 cm³/mol. The number of carbonyl (C=O) groups is 3. The number of aliphatic hydroxyl groups excluding tert-OH is 1. The average molecular weight is 562 g/mol. The highest BCUT2D eigenvalue weighted by molar-refractivity contribution is 6.31. The summed E-state index contributed by atoms with van der Waals surface area (Å²) in [5.74, 6) is -2.23. The molecule has 4 N–H and O–H groups in total. The highest BCUT2D eigenvalue weighted by Gasteiger charge is 2.56. The van der Waals surface area contributed by atoms with Gasteiger partial charge < -0.3 is 30.1 Å². The number of fused-ring (bicyclic) bond motifs is 3. The number of phenols is 2. The first-order valence-electron chi connectivity index (χ1n) is 12.6. The summed E-state index contributed by atoms with van der Waals surface area (Å²) in [5.41, 5.74) is -0.852. The van der Waals surface area contributed by atoms with Crippen molar-refractivity contribution in [2.45, 2.75) is 39.7 Å². The maximum Gasteiger partial charge on any atom is 0.204 e. The molecule has 1 atom stereocenters. The van der Waals surface area contributed by atoms with E-state index in [0.717, 1.165) is 6.08 Å². The van der Waals surface area contributed by atoms with Gasteiger partial charge in [-0.3, -0.25) is 14.4 Å². The highest BCUT2D eigenvalue weighted by atomic mass is 16.5. The molecule has 2 aromatic carbocycles. The van der Waals surface area contributed by atoms with Gasteiger partial charge >= 0.3 is 0 Å².